The minimum atomic E-state index is -4.59. The smallest absolute Gasteiger partial charge is 0.418 e. The van der Waals surface area contributed by atoms with Gasteiger partial charge < -0.3 is 21.1 Å². The standard InChI is InChI=1S/C18H16Cl2F3N4O2/c19-10-1-2-14(12(5-10)18(21,22)23)27-11-6-13(20)15(25-7-11)8-26-16(28)17(24)3-4-29-9-17/h1-2,5-7,24,27H,3-4,8-9H2,(H,26,28)/q-1. The zero-order valence-electron chi connectivity index (χ0n) is 14.9. The van der Waals surface area contributed by atoms with E-state index in [0.717, 1.165) is 6.07 Å². The summed E-state index contributed by atoms with van der Waals surface area (Å²) in [7, 11) is 0. The van der Waals surface area contributed by atoms with Gasteiger partial charge in [0.1, 0.15) is 0 Å². The highest BCUT2D eigenvalue weighted by atomic mass is 35.5. The fourth-order valence-corrected chi connectivity index (χ4v) is 3.16. The average Bonchev–Trinajstić information content (AvgIpc) is 3.09. The van der Waals surface area contributed by atoms with Crippen molar-refractivity contribution in [2.24, 2.45) is 0 Å². The highest BCUT2D eigenvalue weighted by Gasteiger charge is 2.34. The number of benzene rings is 1. The molecule has 1 aromatic heterocycles. The van der Waals surface area contributed by atoms with E-state index in [4.69, 9.17) is 33.7 Å². The Bertz CT molecular complexity index is 918. The molecule has 11 heteroatoms. The van der Waals surface area contributed by atoms with E-state index in [0.29, 0.717) is 18.7 Å². The molecule has 1 aliphatic rings. The van der Waals surface area contributed by atoms with E-state index in [1.54, 1.807) is 0 Å². The third-order valence-electron chi connectivity index (χ3n) is 4.36. The first-order valence-corrected chi connectivity index (χ1v) is 9.23. The van der Waals surface area contributed by atoms with Gasteiger partial charge in [0.15, 0.2) is 0 Å². The number of nitrogens with one attached hydrogen (secondary N) is 3. The van der Waals surface area contributed by atoms with Gasteiger partial charge in [0.2, 0.25) is 5.91 Å². The van der Waals surface area contributed by atoms with E-state index in [2.05, 4.69) is 15.6 Å². The molecule has 0 radical (unpaired) electrons. The molecule has 156 valence electrons. The van der Waals surface area contributed by atoms with Gasteiger partial charge in [0.25, 0.3) is 0 Å². The lowest BCUT2D eigenvalue weighted by atomic mass is 9.99. The van der Waals surface area contributed by atoms with Crippen LogP contribution in [0.5, 0.6) is 0 Å². The summed E-state index contributed by atoms with van der Waals surface area (Å²) in [6.45, 7) is 0.347. The summed E-state index contributed by atoms with van der Waals surface area (Å²) >= 11 is 11.8. The minimum Gasteiger partial charge on any atom is -0.662 e. The Kier molecular flexibility index (Phi) is 6.23. The Labute approximate surface area is 174 Å². The lowest BCUT2D eigenvalue weighted by Crippen LogP contribution is -2.44. The molecular weight excluding hydrogens is 432 g/mol. The Morgan fingerprint density at radius 3 is 2.69 bits per heavy atom. The number of carbonyl (C=O) groups is 1. The van der Waals surface area contributed by atoms with E-state index in [1.807, 2.05) is 0 Å². The molecule has 1 unspecified atom stereocenters. The Morgan fingerprint density at radius 2 is 2.07 bits per heavy atom. The van der Waals surface area contributed by atoms with Crippen LogP contribution in [0.2, 0.25) is 10.0 Å². The van der Waals surface area contributed by atoms with Gasteiger partial charge in [0, 0.05) is 18.2 Å². The first-order chi connectivity index (χ1) is 13.6. The van der Waals surface area contributed by atoms with Crippen LogP contribution in [-0.4, -0.2) is 29.6 Å². The predicted octanol–water partition coefficient (Wildman–Crippen LogP) is 4.98. The molecule has 0 aliphatic carbocycles. The third-order valence-corrected chi connectivity index (χ3v) is 4.92. The molecule has 6 nitrogen and oxygen atoms in total. The fraction of sp³-hybridized carbons (Fsp3) is 0.333. The molecule has 0 saturated carbocycles. The second-order valence-electron chi connectivity index (χ2n) is 6.53. The van der Waals surface area contributed by atoms with Gasteiger partial charge in [-0.3, -0.25) is 9.78 Å². The number of hydrogen-bond acceptors (Lipinski definition) is 4. The van der Waals surface area contributed by atoms with Crippen LogP contribution in [0, 0.1) is 0 Å². The third kappa shape index (κ3) is 5.11. The van der Waals surface area contributed by atoms with Crippen molar-refractivity contribution in [3.8, 4) is 0 Å². The van der Waals surface area contributed by atoms with E-state index in [1.165, 1.54) is 24.4 Å². The van der Waals surface area contributed by atoms with Gasteiger partial charge in [0.05, 0.1) is 40.4 Å². The fourth-order valence-electron chi connectivity index (χ4n) is 2.76. The maximum absolute atomic E-state index is 13.2. The Morgan fingerprint density at radius 1 is 1.31 bits per heavy atom. The van der Waals surface area contributed by atoms with E-state index >= 15 is 0 Å². The first kappa shape index (κ1) is 21.6. The maximum atomic E-state index is 13.2. The number of ether oxygens (including phenoxy) is 1. The highest BCUT2D eigenvalue weighted by Crippen LogP contribution is 2.38. The van der Waals surface area contributed by atoms with Crippen molar-refractivity contribution in [3.63, 3.8) is 0 Å². The summed E-state index contributed by atoms with van der Waals surface area (Å²) in [6.07, 6.45) is -2.99. The van der Waals surface area contributed by atoms with Gasteiger partial charge in [-0.05, 0) is 36.2 Å². The van der Waals surface area contributed by atoms with E-state index in [-0.39, 0.29) is 34.6 Å². The molecule has 1 atom stereocenters. The molecule has 29 heavy (non-hydrogen) atoms. The number of halogens is 5. The number of aromatic nitrogens is 1. The maximum Gasteiger partial charge on any atom is 0.418 e. The monoisotopic (exact) mass is 447 g/mol. The Balaban J connectivity index is 1.71. The first-order valence-electron chi connectivity index (χ1n) is 8.48. The minimum absolute atomic E-state index is 0.0193. The molecular formula is C18H16Cl2F3N4O2-. The molecule has 1 saturated heterocycles. The van der Waals surface area contributed by atoms with Crippen molar-refractivity contribution in [3.05, 3.63) is 57.5 Å². The van der Waals surface area contributed by atoms with Crippen LogP contribution in [0.15, 0.2) is 30.5 Å². The summed E-state index contributed by atoms with van der Waals surface area (Å²) < 4.78 is 44.7. The molecule has 2 aromatic rings. The molecule has 1 amide bonds. The van der Waals surface area contributed by atoms with Crippen molar-refractivity contribution in [1.29, 1.82) is 0 Å². The lowest BCUT2D eigenvalue weighted by Gasteiger charge is -2.30. The van der Waals surface area contributed by atoms with Gasteiger partial charge in [-0.15, -0.1) is 0 Å². The summed E-state index contributed by atoms with van der Waals surface area (Å²) in [5, 5.41) is 5.34. The second kappa shape index (κ2) is 8.35. The molecule has 0 spiro atoms. The summed E-state index contributed by atoms with van der Waals surface area (Å²) in [6, 6.07) is 4.78. The summed E-state index contributed by atoms with van der Waals surface area (Å²) in [5.74, 6) is -0.494. The number of alkyl halides is 3. The molecule has 0 bridgehead atoms. The number of carbonyl (C=O) groups excluding carboxylic acids is 1. The zero-order valence-corrected chi connectivity index (χ0v) is 16.4. The van der Waals surface area contributed by atoms with Crippen molar-refractivity contribution >= 4 is 40.5 Å². The van der Waals surface area contributed by atoms with E-state index < -0.39 is 23.2 Å². The number of anilines is 2. The molecule has 1 aromatic carbocycles. The van der Waals surface area contributed by atoms with Crippen molar-refractivity contribution < 1.29 is 22.7 Å². The number of nitrogens with zero attached hydrogens (tertiary/aromatic N) is 1. The van der Waals surface area contributed by atoms with Crippen LogP contribution >= 0.6 is 23.2 Å². The normalized spacial score (nSPS) is 19.2. The largest absolute Gasteiger partial charge is 0.662 e. The molecule has 3 rings (SSSR count). The number of amides is 1. The zero-order chi connectivity index (χ0) is 21.2. The van der Waals surface area contributed by atoms with Gasteiger partial charge in [-0.1, -0.05) is 23.2 Å². The predicted molar refractivity (Wildman–Crippen MR) is 103 cm³/mol. The van der Waals surface area contributed by atoms with Crippen LogP contribution < -0.4 is 10.6 Å². The number of rotatable bonds is 5. The van der Waals surface area contributed by atoms with Gasteiger partial charge >= 0.3 is 6.18 Å². The van der Waals surface area contributed by atoms with Crippen LogP contribution in [0.1, 0.15) is 17.7 Å². The topological polar surface area (TPSA) is 87.1 Å². The number of pyridine rings is 1. The molecule has 1 aliphatic heterocycles. The van der Waals surface area contributed by atoms with Crippen LogP contribution in [0.4, 0.5) is 24.5 Å². The summed E-state index contributed by atoms with van der Waals surface area (Å²) in [5.41, 5.74) is 6.15. The number of hydrogen-bond donors (Lipinski definition) is 2. The quantitative estimate of drug-likeness (QED) is 0.676. The molecule has 3 N–H and O–H groups in total. The van der Waals surface area contributed by atoms with Crippen molar-refractivity contribution in [1.82, 2.24) is 10.3 Å². The van der Waals surface area contributed by atoms with Crippen LogP contribution in [-0.2, 0) is 22.3 Å². The van der Waals surface area contributed by atoms with Crippen molar-refractivity contribution in [2.45, 2.75) is 24.7 Å². The van der Waals surface area contributed by atoms with Gasteiger partial charge in [-0.2, -0.15) is 13.2 Å². The molecule has 2 heterocycles. The lowest BCUT2D eigenvalue weighted by molar-refractivity contribution is -0.137. The second-order valence-corrected chi connectivity index (χ2v) is 7.38. The Hall–Kier alpha value is -2.07. The van der Waals surface area contributed by atoms with Crippen LogP contribution in [0.25, 0.3) is 5.73 Å². The SMILES string of the molecule is [NH-]C1(C(=O)NCc2ncc(Nc3ccc(Cl)cc3C(F)(F)F)cc2Cl)CCOC1. The average molecular weight is 448 g/mol. The van der Waals surface area contributed by atoms with Gasteiger partial charge in [-0.25, -0.2) is 0 Å². The van der Waals surface area contributed by atoms with E-state index in [9.17, 15) is 18.0 Å². The van der Waals surface area contributed by atoms with Crippen LogP contribution in [0.3, 0.4) is 0 Å². The highest BCUT2D eigenvalue weighted by molar-refractivity contribution is 6.31. The summed E-state index contributed by atoms with van der Waals surface area (Å²) in [4.78, 5) is 16.2. The molecule has 1 fully saturated rings. The van der Waals surface area contributed by atoms with Crippen molar-refractivity contribution in [2.75, 3.05) is 18.5 Å².